The van der Waals surface area contributed by atoms with Crippen molar-refractivity contribution in [3.63, 3.8) is 0 Å². The van der Waals surface area contributed by atoms with Gasteiger partial charge in [-0.25, -0.2) is 18.4 Å². The summed E-state index contributed by atoms with van der Waals surface area (Å²) in [6.07, 6.45) is -2.09. The summed E-state index contributed by atoms with van der Waals surface area (Å²) in [5, 5.41) is 7.54. The number of hydrogen-bond acceptors (Lipinski definition) is 7. The van der Waals surface area contributed by atoms with E-state index in [9.17, 15) is 18.0 Å². The number of benzene rings is 2. The second-order valence-electron chi connectivity index (χ2n) is 6.00. The van der Waals surface area contributed by atoms with Crippen LogP contribution in [0.25, 0.3) is 0 Å². The van der Waals surface area contributed by atoms with E-state index >= 15 is 0 Å². The standard InChI is InChI=1S/C18H18N2O7S/c1-11(17(21)20-12-6-8-13(9-7-12)28(19,23)24)26-18(22)16-10-25-14-4-2-3-5-15(14)27-16/h2-9,11,16H,10H2,1H3,(H,20,21)(H2,19,23,24)/t11-,16-/m1/s1. The van der Waals surface area contributed by atoms with Crippen LogP contribution in [-0.2, 0) is 24.3 Å². The molecule has 0 bridgehead atoms. The first-order valence-electron chi connectivity index (χ1n) is 8.27. The normalized spacial score (nSPS) is 16.7. The second kappa shape index (κ2) is 7.87. The maximum absolute atomic E-state index is 12.2. The lowest BCUT2D eigenvalue weighted by molar-refractivity contribution is -0.162. The van der Waals surface area contributed by atoms with Crippen LogP contribution in [0.1, 0.15) is 6.92 Å². The van der Waals surface area contributed by atoms with Crippen LogP contribution in [0.5, 0.6) is 11.5 Å². The Hall–Kier alpha value is -3.11. The van der Waals surface area contributed by atoms with Crippen molar-refractivity contribution in [1.82, 2.24) is 0 Å². The predicted molar refractivity (Wildman–Crippen MR) is 98.4 cm³/mol. The topological polar surface area (TPSA) is 134 Å². The van der Waals surface area contributed by atoms with Crippen molar-refractivity contribution in [3.8, 4) is 11.5 Å². The highest BCUT2D eigenvalue weighted by Crippen LogP contribution is 2.31. The maximum atomic E-state index is 12.2. The van der Waals surface area contributed by atoms with E-state index in [1.165, 1.54) is 31.2 Å². The molecule has 0 radical (unpaired) electrons. The van der Waals surface area contributed by atoms with Gasteiger partial charge in [0.15, 0.2) is 17.6 Å². The average Bonchev–Trinajstić information content (AvgIpc) is 2.67. The summed E-state index contributed by atoms with van der Waals surface area (Å²) in [5.41, 5.74) is 0.325. The zero-order chi connectivity index (χ0) is 20.3. The average molecular weight is 406 g/mol. The van der Waals surface area contributed by atoms with Gasteiger partial charge in [0.05, 0.1) is 4.90 Å². The fraction of sp³-hybridized carbons (Fsp3) is 0.222. The summed E-state index contributed by atoms with van der Waals surface area (Å²) < 4.78 is 38.6. The van der Waals surface area contributed by atoms with E-state index in [2.05, 4.69) is 5.32 Å². The van der Waals surface area contributed by atoms with Crippen molar-refractivity contribution in [2.45, 2.75) is 24.0 Å². The maximum Gasteiger partial charge on any atom is 0.351 e. The number of ether oxygens (including phenoxy) is 3. The molecule has 2 aromatic carbocycles. The Morgan fingerprint density at radius 3 is 2.43 bits per heavy atom. The molecule has 3 N–H and O–H groups in total. The Morgan fingerprint density at radius 1 is 1.14 bits per heavy atom. The Bertz CT molecular complexity index is 989. The molecule has 2 atom stereocenters. The van der Waals surface area contributed by atoms with E-state index < -0.39 is 34.1 Å². The van der Waals surface area contributed by atoms with Gasteiger partial charge in [0.1, 0.15) is 6.61 Å². The summed E-state index contributed by atoms with van der Waals surface area (Å²) in [5.74, 6) is -0.376. The minimum absolute atomic E-state index is 0.0286. The van der Waals surface area contributed by atoms with Crippen LogP contribution < -0.4 is 19.9 Å². The SMILES string of the molecule is C[C@@H](OC(=O)[C@H]1COc2ccccc2O1)C(=O)Nc1ccc(S(N)(=O)=O)cc1. The van der Waals surface area contributed by atoms with Gasteiger partial charge in [0, 0.05) is 5.69 Å². The van der Waals surface area contributed by atoms with Crippen molar-refractivity contribution in [2.24, 2.45) is 5.14 Å². The first-order chi connectivity index (χ1) is 13.2. The van der Waals surface area contributed by atoms with E-state index in [1.54, 1.807) is 24.3 Å². The lowest BCUT2D eigenvalue weighted by Gasteiger charge is -2.25. The van der Waals surface area contributed by atoms with Gasteiger partial charge in [-0.05, 0) is 43.3 Å². The lowest BCUT2D eigenvalue weighted by atomic mass is 10.2. The van der Waals surface area contributed by atoms with Crippen molar-refractivity contribution in [3.05, 3.63) is 48.5 Å². The Labute approximate surface area is 161 Å². The number of nitrogens with two attached hydrogens (primary N) is 1. The molecule has 0 unspecified atom stereocenters. The first-order valence-corrected chi connectivity index (χ1v) is 9.81. The summed E-state index contributed by atoms with van der Waals surface area (Å²) in [7, 11) is -3.82. The molecule has 1 amide bonds. The molecule has 9 nitrogen and oxygen atoms in total. The van der Waals surface area contributed by atoms with E-state index in [1.807, 2.05) is 0 Å². The molecular formula is C18H18N2O7S. The van der Waals surface area contributed by atoms with Crippen LogP contribution >= 0.6 is 0 Å². The third-order valence-corrected chi connectivity index (χ3v) is 4.81. The molecule has 2 aromatic rings. The molecule has 3 rings (SSSR count). The van der Waals surface area contributed by atoms with Crippen molar-refractivity contribution >= 4 is 27.6 Å². The van der Waals surface area contributed by atoms with Gasteiger partial charge in [0.25, 0.3) is 5.91 Å². The van der Waals surface area contributed by atoms with Gasteiger partial charge in [-0.2, -0.15) is 0 Å². The minimum atomic E-state index is -3.82. The number of sulfonamides is 1. The van der Waals surface area contributed by atoms with E-state index in [0.29, 0.717) is 17.2 Å². The van der Waals surface area contributed by atoms with Crippen molar-refractivity contribution in [2.75, 3.05) is 11.9 Å². The van der Waals surface area contributed by atoms with Crippen molar-refractivity contribution in [1.29, 1.82) is 0 Å². The molecule has 0 fully saturated rings. The number of rotatable bonds is 5. The van der Waals surface area contributed by atoms with Gasteiger partial charge >= 0.3 is 5.97 Å². The zero-order valence-corrected chi connectivity index (χ0v) is 15.6. The van der Waals surface area contributed by atoms with Gasteiger partial charge in [-0.1, -0.05) is 12.1 Å². The summed E-state index contributed by atoms with van der Waals surface area (Å²) in [4.78, 5) is 24.4. The molecule has 0 aliphatic carbocycles. The van der Waals surface area contributed by atoms with Crippen LogP contribution in [0.2, 0.25) is 0 Å². The Kier molecular flexibility index (Phi) is 5.52. The molecule has 1 aliphatic rings. The fourth-order valence-corrected chi connectivity index (χ4v) is 2.93. The molecule has 1 aliphatic heterocycles. The van der Waals surface area contributed by atoms with Crippen molar-refractivity contribution < 1.29 is 32.2 Å². The molecule has 0 spiro atoms. The van der Waals surface area contributed by atoms with Gasteiger partial charge < -0.3 is 19.5 Å². The molecular weight excluding hydrogens is 388 g/mol. The van der Waals surface area contributed by atoms with E-state index in [-0.39, 0.29) is 11.5 Å². The summed E-state index contributed by atoms with van der Waals surface area (Å²) in [6.45, 7) is 1.38. The molecule has 28 heavy (non-hydrogen) atoms. The highest BCUT2D eigenvalue weighted by atomic mass is 32.2. The number of para-hydroxylation sites is 2. The smallest absolute Gasteiger partial charge is 0.351 e. The molecule has 148 valence electrons. The molecule has 0 aromatic heterocycles. The number of esters is 1. The minimum Gasteiger partial charge on any atom is -0.485 e. The van der Waals surface area contributed by atoms with Crippen LogP contribution in [0.15, 0.2) is 53.4 Å². The predicted octanol–water partition coefficient (Wildman–Crippen LogP) is 1.04. The monoisotopic (exact) mass is 406 g/mol. The summed E-state index contributed by atoms with van der Waals surface area (Å²) in [6, 6.07) is 12.2. The quantitative estimate of drug-likeness (QED) is 0.709. The van der Waals surface area contributed by atoms with Crippen LogP contribution in [-0.4, -0.2) is 39.1 Å². The number of carbonyl (C=O) groups excluding carboxylic acids is 2. The van der Waals surface area contributed by atoms with Gasteiger partial charge in [-0.15, -0.1) is 0 Å². The first kappa shape index (κ1) is 19.6. The Balaban J connectivity index is 1.56. The lowest BCUT2D eigenvalue weighted by Crippen LogP contribution is -2.41. The van der Waals surface area contributed by atoms with E-state index in [0.717, 1.165) is 0 Å². The Morgan fingerprint density at radius 2 is 1.79 bits per heavy atom. The van der Waals surface area contributed by atoms with Gasteiger partial charge in [-0.3, -0.25) is 4.79 Å². The molecule has 0 saturated carbocycles. The van der Waals surface area contributed by atoms with Crippen LogP contribution in [0.4, 0.5) is 5.69 Å². The van der Waals surface area contributed by atoms with Gasteiger partial charge in [0.2, 0.25) is 16.1 Å². The number of hydrogen-bond donors (Lipinski definition) is 2. The molecule has 0 saturated heterocycles. The number of anilines is 1. The number of nitrogens with one attached hydrogen (secondary N) is 1. The summed E-state index contributed by atoms with van der Waals surface area (Å²) >= 11 is 0. The van der Waals surface area contributed by atoms with E-state index in [4.69, 9.17) is 19.3 Å². The number of carbonyl (C=O) groups is 2. The van der Waals surface area contributed by atoms with Crippen LogP contribution in [0.3, 0.4) is 0 Å². The highest BCUT2D eigenvalue weighted by molar-refractivity contribution is 7.89. The second-order valence-corrected chi connectivity index (χ2v) is 7.56. The third-order valence-electron chi connectivity index (χ3n) is 3.88. The fourth-order valence-electron chi connectivity index (χ4n) is 2.41. The van der Waals surface area contributed by atoms with Crippen LogP contribution in [0, 0.1) is 0 Å². The highest BCUT2D eigenvalue weighted by Gasteiger charge is 2.31. The largest absolute Gasteiger partial charge is 0.485 e. The number of primary sulfonamides is 1. The molecule has 1 heterocycles. The molecule has 10 heteroatoms. The number of fused-ring (bicyclic) bond motifs is 1. The third kappa shape index (κ3) is 4.59. The number of amides is 1. The zero-order valence-electron chi connectivity index (χ0n) is 14.8.